The molecule has 0 fully saturated rings. The molecule has 0 spiro atoms. The van der Waals surface area contributed by atoms with Crippen molar-refractivity contribution in [1.82, 2.24) is 10.6 Å². The van der Waals surface area contributed by atoms with Crippen molar-refractivity contribution < 1.29 is 18.7 Å². The molecule has 0 saturated carbocycles. The van der Waals surface area contributed by atoms with Crippen LogP contribution < -0.4 is 10.6 Å². The van der Waals surface area contributed by atoms with Crippen molar-refractivity contribution in [2.45, 2.75) is 6.10 Å². The summed E-state index contributed by atoms with van der Waals surface area (Å²) in [4.78, 5) is 22.2. The summed E-state index contributed by atoms with van der Waals surface area (Å²) < 4.78 is 18.2. The molecule has 98 valence electrons. The van der Waals surface area contributed by atoms with Crippen LogP contribution in [-0.2, 0) is 14.3 Å². The highest BCUT2D eigenvalue weighted by atomic mass is 19.1. The molecule has 2 amide bonds. The molecule has 0 saturated heterocycles. The van der Waals surface area contributed by atoms with E-state index in [4.69, 9.17) is 4.74 Å². The Morgan fingerprint density at radius 2 is 2.11 bits per heavy atom. The summed E-state index contributed by atoms with van der Waals surface area (Å²) in [5.74, 6) is -1.87. The first kappa shape index (κ1) is 14.1. The maximum absolute atomic E-state index is 13.0. The first-order valence-electron chi connectivity index (χ1n) is 5.36. The molecule has 0 aliphatic carbocycles. The summed E-state index contributed by atoms with van der Waals surface area (Å²) in [6, 6.07) is 5.88. The van der Waals surface area contributed by atoms with Gasteiger partial charge in [0.25, 0.3) is 0 Å². The Balaban J connectivity index is 2.63. The first-order valence-corrected chi connectivity index (χ1v) is 5.36. The van der Waals surface area contributed by atoms with Gasteiger partial charge in [-0.15, -0.1) is 0 Å². The van der Waals surface area contributed by atoms with Crippen LogP contribution in [0.1, 0.15) is 11.7 Å². The lowest BCUT2D eigenvalue weighted by Crippen LogP contribution is -2.40. The number of methoxy groups -OCH3 is 1. The van der Waals surface area contributed by atoms with Crippen molar-refractivity contribution in [3.63, 3.8) is 0 Å². The quantitative estimate of drug-likeness (QED) is 0.763. The molecule has 1 atom stereocenters. The van der Waals surface area contributed by atoms with Crippen LogP contribution in [0.25, 0.3) is 0 Å². The van der Waals surface area contributed by atoms with E-state index in [1.807, 2.05) is 0 Å². The average Bonchev–Trinajstić information content (AvgIpc) is 2.38. The van der Waals surface area contributed by atoms with E-state index in [-0.39, 0.29) is 12.4 Å². The molecule has 18 heavy (non-hydrogen) atoms. The predicted molar refractivity (Wildman–Crippen MR) is 63.2 cm³/mol. The molecule has 2 N–H and O–H groups in total. The molecule has 6 heteroatoms. The third-order valence-corrected chi connectivity index (χ3v) is 2.39. The Bertz CT molecular complexity index is 437. The molecule has 0 aliphatic heterocycles. The van der Waals surface area contributed by atoms with Gasteiger partial charge in [-0.05, 0) is 17.7 Å². The molecule has 0 aromatic heterocycles. The van der Waals surface area contributed by atoms with Crippen LogP contribution >= 0.6 is 0 Å². The molecule has 0 aliphatic rings. The second-order valence-corrected chi connectivity index (χ2v) is 3.57. The second kappa shape index (κ2) is 6.70. The molecular weight excluding hydrogens is 239 g/mol. The fraction of sp³-hybridized carbons (Fsp3) is 0.333. The summed E-state index contributed by atoms with van der Waals surface area (Å²) in [5, 5.41) is 4.61. The van der Waals surface area contributed by atoms with Gasteiger partial charge in [-0.3, -0.25) is 9.59 Å². The molecule has 1 aromatic rings. The van der Waals surface area contributed by atoms with E-state index in [9.17, 15) is 14.0 Å². The number of likely N-dealkylation sites (N-methyl/N-ethyl adjacent to an activating group) is 1. The zero-order chi connectivity index (χ0) is 13.5. The van der Waals surface area contributed by atoms with Gasteiger partial charge in [0.2, 0.25) is 0 Å². The van der Waals surface area contributed by atoms with Gasteiger partial charge in [-0.25, -0.2) is 4.39 Å². The zero-order valence-corrected chi connectivity index (χ0v) is 10.2. The van der Waals surface area contributed by atoms with Gasteiger partial charge in [-0.1, -0.05) is 12.1 Å². The maximum Gasteiger partial charge on any atom is 0.309 e. The standard InChI is InChI=1S/C12H15FN2O3/c1-14-11(16)12(17)15-7-10(18-2)8-4-3-5-9(13)6-8/h3-6,10H,7H2,1-2H3,(H,14,16)(H,15,17). The fourth-order valence-corrected chi connectivity index (χ4v) is 1.42. The number of ether oxygens (including phenoxy) is 1. The lowest BCUT2D eigenvalue weighted by Gasteiger charge is -2.16. The van der Waals surface area contributed by atoms with Gasteiger partial charge < -0.3 is 15.4 Å². The number of benzene rings is 1. The predicted octanol–water partition coefficient (Wildman–Crippen LogP) is 0.375. The van der Waals surface area contributed by atoms with Crippen LogP contribution in [0.4, 0.5) is 4.39 Å². The topological polar surface area (TPSA) is 67.4 Å². The number of carbonyl (C=O) groups is 2. The monoisotopic (exact) mass is 254 g/mol. The number of nitrogens with one attached hydrogen (secondary N) is 2. The van der Waals surface area contributed by atoms with Gasteiger partial charge in [0.1, 0.15) is 5.82 Å². The highest BCUT2D eigenvalue weighted by molar-refractivity contribution is 6.35. The van der Waals surface area contributed by atoms with E-state index < -0.39 is 17.9 Å². The summed E-state index contributed by atoms with van der Waals surface area (Å²) in [7, 11) is 2.81. The highest BCUT2D eigenvalue weighted by Crippen LogP contribution is 2.16. The molecule has 5 nitrogen and oxygen atoms in total. The zero-order valence-electron chi connectivity index (χ0n) is 10.2. The minimum Gasteiger partial charge on any atom is -0.375 e. The van der Waals surface area contributed by atoms with Crippen molar-refractivity contribution >= 4 is 11.8 Å². The van der Waals surface area contributed by atoms with Gasteiger partial charge >= 0.3 is 11.8 Å². The van der Waals surface area contributed by atoms with Crippen molar-refractivity contribution in [2.75, 3.05) is 20.7 Å². The molecular formula is C12H15FN2O3. The fourth-order valence-electron chi connectivity index (χ4n) is 1.42. The average molecular weight is 254 g/mol. The molecule has 1 unspecified atom stereocenters. The smallest absolute Gasteiger partial charge is 0.309 e. The Hall–Kier alpha value is -1.95. The minimum absolute atomic E-state index is 0.0895. The maximum atomic E-state index is 13.0. The Morgan fingerprint density at radius 3 is 2.67 bits per heavy atom. The van der Waals surface area contributed by atoms with Crippen molar-refractivity contribution in [3.8, 4) is 0 Å². The van der Waals surface area contributed by atoms with Crippen LogP contribution in [0.3, 0.4) is 0 Å². The number of rotatable bonds is 4. The highest BCUT2D eigenvalue weighted by Gasteiger charge is 2.16. The number of hydrogen-bond acceptors (Lipinski definition) is 3. The van der Waals surface area contributed by atoms with Gasteiger partial charge in [0, 0.05) is 20.7 Å². The summed E-state index contributed by atoms with van der Waals surface area (Å²) >= 11 is 0. The number of amides is 2. The molecule has 0 radical (unpaired) electrons. The molecule has 1 aromatic carbocycles. The molecule has 0 bridgehead atoms. The number of carbonyl (C=O) groups excluding carboxylic acids is 2. The molecule has 0 heterocycles. The lowest BCUT2D eigenvalue weighted by molar-refractivity contribution is -0.139. The molecule has 1 rings (SSSR count). The third kappa shape index (κ3) is 3.81. The van der Waals surface area contributed by atoms with Crippen molar-refractivity contribution in [3.05, 3.63) is 35.6 Å². The number of halogens is 1. The van der Waals surface area contributed by atoms with Gasteiger partial charge in [0.15, 0.2) is 0 Å². The number of hydrogen-bond donors (Lipinski definition) is 2. The Kier molecular flexibility index (Phi) is 5.26. The van der Waals surface area contributed by atoms with Crippen LogP contribution in [-0.4, -0.2) is 32.5 Å². The van der Waals surface area contributed by atoms with E-state index in [1.165, 1.54) is 26.3 Å². The lowest BCUT2D eigenvalue weighted by atomic mass is 10.1. The largest absolute Gasteiger partial charge is 0.375 e. The van der Waals surface area contributed by atoms with E-state index in [0.29, 0.717) is 5.56 Å². The van der Waals surface area contributed by atoms with E-state index in [2.05, 4.69) is 10.6 Å². The summed E-state index contributed by atoms with van der Waals surface area (Å²) in [6.07, 6.45) is -0.505. The second-order valence-electron chi connectivity index (χ2n) is 3.57. The van der Waals surface area contributed by atoms with E-state index in [1.54, 1.807) is 12.1 Å². The SMILES string of the molecule is CNC(=O)C(=O)NCC(OC)c1cccc(F)c1. The van der Waals surface area contributed by atoms with Crippen LogP contribution in [0, 0.1) is 5.82 Å². The Morgan fingerprint density at radius 1 is 1.39 bits per heavy atom. The minimum atomic E-state index is -0.754. The van der Waals surface area contributed by atoms with E-state index >= 15 is 0 Å². The Labute approximate surface area is 104 Å². The van der Waals surface area contributed by atoms with Gasteiger partial charge in [-0.2, -0.15) is 0 Å². The van der Waals surface area contributed by atoms with Crippen LogP contribution in [0.15, 0.2) is 24.3 Å². The van der Waals surface area contributed by atoms with Crippen LogP contribution in [0.5, 0.6) is 0 Å². The van der Waals surface area contributed by atoms with Crippen LogP contribution in [0.2, 0.25) is 0 Å². The van der Waals surface area contributed by atoms with Gasteiger partial charge in [0.05, 0.1) is 6.10 Å². The van der Waals surface area contributed by atoms with E-state index in [0.717, 1.165) is 0 Å². The summed E-state index contributed by atoms with van der Waals surface area (Å²) in [5.41, 5.74) is 0.592. The van der Waals surface area contributed by atoms with Crippen molar-refractivity contribution in [1.29, 1.82) is 0 Å². The summed E-state index contributed by atoms with van der Waals surface area (Å²) in [6.45, 7) is 0.0895. The first-order chi connectivity index (χ1) is 8.58. The third-order valence-electron chi connectivity index (χ3n) is 2.39. The van der Waals surface area contributed by atoms with Crippen molar-refractivity contribution in [2.24, 2.45) is 0 Å². The normalized spacial score (nSPS) is 11.7.